The third kappa shape index (κ3) is 3.80. The number of rotatable bonds is 5. The van der Waals surface area contributed by atoms with E-state index in [4.69, 9.17) is 16.3 Å². The fraction of sp³-hybridized carbons (Fsp3) is 0.250. The molecule has 118 valence electrons. The van der Waals surface area contributed by atoms with E-state index in [2.05, 4.69) is 4.72 Å². The molecule has 0 amide bonds. The molecule has 1 atom stereocenters. The molecule has 1 unspecified atom stereocenters. The third-order valence-corrected chi connectivity index (χ3v) is 5.12. The van der Waals surface area contributed by atoms with E-state index < -0.39 is 10.0 Å². The molecule has 0 radical (unpaired) electrons. The Morgan fingerprint density at radius 2 is 1.77 bits per heavy atom. The summed E-state index contributed by atoms with van der Waals surface area (Å²) < 4.78 is 33.0. The van der Waals surface area contributed by atoms with Crippen LogP contribution in [0.15, 0.2) is 47.4 Å². The normalized spacial score (nSPS) is 12.9. The molecule has 2 aromatic rings. The van der Waals surface area contributed by atoms with E-state index in [0.29, 0.717) is 10.8 Å². The molecule has 0 bridgehead atoms. The second-order valence-corrected chi connectivity index (χ2v) is 7.17. The highest BCUT2D eigenvalue weighted by molar-refractivity contribution is 7.89. The Kier molecular flexibility index (Phi) is 5.11. The topological polar surface area (TPSA) is 55.4 Å². The van der Waals surface area contributed by atoms with Crippen molar-refractivity contribution in [2.24, 2.45) is 0 Å². The Balaban J connectivity index is 2.31. The van der Waals surface area contributed by atoms with Crippen molar-refractivity contribution in [1.29, 1.82) is 0 Å². The van der Waals surface area contributed by atoms with Gasteiger partial charge in [-0.1, -0.05) is 29.8 Å². The summed E-state index contributed by atoms with van der Waals surface area (Å²) in [4.78, 5) is 0.135. The van der Waals surface area contributed by atoms with Gasteiger partial charge in [-0.2, -0.15) is 0 Å². The lowest BCUT2D eigenvalue weighted by molar-refractivity contribution is 0.402. The van der Waals surface area contributed by atoms with Crippen molar-refractivity contribution in [2.75, 3.05) is 7.11 Å². The molecule has 0 heterocycles. The average molecular weight is 340 g/mol. The number of nitrogens with one attached hydrogen (secondary N) is 1. The van der Waals surface area contributed by atoms with Crippen molar-refractivity contribution in [1.82, 2.24) is 4.72 Å². The number of sulfonamides is 1. The summed E-state index contributed by atoms with van der Waals surface area (Å²) in [6.45, 7) is 3.62. The zero-order valence-electron chi connectivity index (χ0n) is 12.6. The Morgan fingerprint density at radius 1 is 1.14 bits per heavy atom. The summed E-state index contributed by atoms with van der Waals surface area (Å²) in [5.74, 6) is 0.321. The summed E-state index contributed by atoms with van der Waals surface area (Å²) in [6, 6.07) is 11.7. The second kappa shape index (κ2) is 6.69. The molecular weight excluding hydrogens is 322 g/mol. The molecule has 0 aliphatic rings. The highest BCUT2D eigenvalue weighted by Crippen LogP contribution is 2.26. The fourth-order valence-electron chi connectivity index (χ4n) is 2.11. The number of benzene rings is 2. The first-order chi connectivity index (χ1) is 10.3. The Labute approximate surface area is 136 Å². The molecule has 0 aromatic heterocycles. The van der Waals surface area contributed by atoms with Crippen LogP contribution in [0.4, 0.5) is 0 Å². The first-order valence-corrected chi connectivity index (χ1v) is 8.62. The van der Waals surface area contributed by atoms with Crippen molar-refractivity contribution < 1.29 is 13.2 Å². The van der Waals surface area contributed by atoms with Crippen LogP contribution in [0, 0.1) is 6.92 Å². The lowest BCUT2D eigenvalue weighted by Gasteiger charge is -2.16. The molecule has 6 heteroatoms. The van der Waals surface area contributed by atoms with Crippen LogP contribution in [0.3, 0.4) is 0 Å². The number of hydrogen-bond acceptors (Lipinski definition) is 3. The van der Waals surface area contributed by atoms with Gasteiger partial charge in [0.1, 0.15) is 10.6 Å². The molecule has 0 saturated heterocycles. The molecule has 2 aromatic carbocycles. The second-order valence-electron chi connectivity index (χ2n) is 5.05. The molecule has 4 nitrogen and oxygen atoms in total. The number of halogens is 1. The molecule has 0 aliphatic heterocycles. The van der Waals surface area contributed by atoms with E-state index in [1.54, 1.807) is 49.4 Å². The smallest absolute Gasteiger partial charge is 0.244 e. The van der Waals surface area contributed by atoms with Crippen molar-refractivity contribution in [3.8, 4) is 5.75 Å². The summed E-state index contributed by atoms with van der Waals surface area (Å²) in [6.07, 6.45) is 0. The Hall–Kier alpha value is -1.56. The summed E-state index contributed by atoms with van der Waals surface area (Å²) in [7, 11) is -2.24. The van der Waals surface area contributed by atoms with Gasteiger partial charge in [0.2, 0.25) is 10.0 Å². The van der Waals surface area contributed by atoms with E-state index in [-0.39, 0.29) is 10.9 Å². The summed E-state index contributed by atoms with van der Waals surface area (Å²) in [5.41, 5.74) is 1.68. The average Bonchev–Trinajstić information content (AvgIpc) is 2.47. The van der Waals surface area contributed by atoms with Gasteiger partial charge in [-0.3, -0.25) is 0 Å². The number of hydrogen-bond donors (Lipinski definition) is 1. The highest BCUT2D eigenvalue weighted by atomic mass is 35.5. The van der Waals surface area contributed by atoms with Gasteiger partial charge in [0.25, 0.3) is 0 Å². The van der Waals surface area contributed by atoms with Gasteiger partial charge in [-0.25, -0.2) is 13.1 Å². The summed E-state index contributed by atoms with van der Waals surface area (Å²) in [5, 5.41) is 0.610. The predicted molar refractivity (Wildman–Crippen MR) is 87.9 cm³/mol. The van der Waals surface area contributed by atoms with Gasteiger partial charge in [0.05, 0.1) is 7.11 Å². The quantitative estimate of drug-likeness (QED) is 0.903. The van der Waals surface area contributed by atoms with Crippen LogP contribution in [-0.2, 0) is 10.0 Å². The zero-order valence-corrected chi connectivity index (χ0v) is 14.2. The van der Waals surface area contributed by atoms with Gasteiger partial charge in [-0.15, -0.1) is 0 Å². The fourth-order valence-corrected chi connectivity index (χ4v) is 3.72. The lowest BCUT2D eigenvalue weighted by atomic mass is 10.1. The van der Waals surface area contributed by atoms with Gasteiger partial charge < -0.3 is 4.74 Å². The monoisotopic (exact) mass is 339 g/mol. The zero-order chi connectivity index (χ0) is 16.3. The van der Waals surface area contributed by atoms with Crippen LogP contribution >= 0.6 is 11.6 Å². The first-order valence-electron chi connectivity index (χ1n) is 6.76. The molecule has 2 rings (SSSR count). The molecule has 0 spiro atoms. The largest absolute Gasteiger partial charge is 0.495 e. The summed E-state index contributed by atoms with van der Waals surface area (Å²) >= 11 is 5.85. The molecular formula is C16H18ClNO3S. The minimum Gasteiger partial charge on any atom is -0.495 e. The van der Waals surface area contributed by atoms with Gasteiger partial charge in [0, 0.05) is 11.1 Å². The minimum atomic E-state index is -3.69. The van der Waals surface area contributed by atoms with Crippen LogP contribution in [0.25, 0.3) is 0 Å². The van der Waals surface area contributed by atoms with E-state index in [9.17, 15) is 8.42 Å². The highest BCUT2D eigenvalue weighted by Gasteiger charge is 2.22. The van der Waals surface area contributed by atoms with Crippen molar-refractivity contribution in [2.45, 2.75) is 24.8 Å². The van der Waals surface area contributed by atoms with Crippen LogP contribution in [0.1, 0.15) is 24.1 Å². The van der Waals surface area contributed by atoms with Crippen molar-refractivity contribution >= 4 is 21.6 Å². The van der Waals surface area contributed by atoms with Crippen molar-refractivity contribution in [3.63, 3.8) is 0 Å². The lowest BCUT2D eigenvalue weighted by Crippen LogP contribution is -2.27. The molecule has 0 aliphatic carbocycles. The number of methoxy groups -OCH3 is 1. The van der Waals surface area contributed by atoms with E-state index in [1.165, 1.54) is 7.11 Å². The van der Waals surface area contributed by atoms with Gasteiger partial charge in [0.15, 0.2) is 0 Å². The molecule has 0 fully saturated rings. The number of aryl methyl sites for hydroxylation is 1. The number of ether oxygens (including phenoxy) is 1. The van der Waals surface area contributed by atoms with E-state index in [0.717, 1.165) is 11.1 Å². The van der Waals surface area contributed by atoms with E-state index in [1.807, 2.05) is 6.92 Å². The maximum Gasteiger partial charge on any atom is 0.244 e. The van der Waals surface area contributed by atoms with Gasteiger partial charge in [-0.05, 0) is 49.2 Å². The Morgan fingerprint density at radius 3 is 2.36 bits per heavy atom. The SMILES string of the molecule is COc1ccc(C)cc1S(=O)(=O)NC(C)c1ccc(Cl)cc1. The van der Waals surface area contributed by atoms with Crippen LogP contribution in [0.2, 0.25) is 5.02 Å². The minimum absolute atomic E-state index is 0.135. The standard InChI is InChI=1S/C16H18ClNO3S/c1-11-4-9-15(21-3)16(10-11)22(19,20)18-12(2)13-5-7-14(17)8-6-13/h4-10,12,18H,1-3H3. The maximum atomic E-state index is 12.6. The molecule has 1 N–H and O–H groups in total. The molecule has 0 saturated carbocycles. The predicted octanol–water partition coefficient (Wildman–Crippen LogP) is 3.70. The van der Waals surface area contributed by atoms with Gasteiger partial charge >= 0.3 is 0 Å². The van der Waals surface area contributed by atoms with Crippen LogP contribution in [-0.4, -0.2) is 15.5 Å². The van der Waals surface area contributed by atoms with E-state index >= 15 is 0 Å². The molecule has 22 heavy (non-hydrogen) atoms. The third-order valence-electron chi connectivity index (χ3n) is 3.31. The van der Waals surface area contributed by atoms with Crippen LogP contribution < -0.4 is 9.46 Å². The van der Waals surface area contributed by atoms with Crippen molar-refractivity contribution in [3.05, 3.63) is 58.6 Å². The Bertz CT molecular complexity index is 757. The van der Waals surface area contributed by atoms with Crippen LogP contribution in [0.5, 0.6) is 5.75 Å². The maximum absolute atomic E-state index is 12.6. The first kappa shape index (κ1) is 16.8.